The number of carbonyl (C=O) groups excluding carboxylic acids is 1. The van der Waals surface area contributed by atoms with Crippen LogP contribution in [-0.4, -0.2) is 41.9 Å². The minimum atomic E-state index is 0.282. The van der Waals surface area contributed by atoms with Gasteiger partial charge in [-0.1, -0.05) is 0 Å². The number of carbonyl (C=O) groups is 1. The van der Waals surface area contributed by atoms with Crippen molar-refractivity contribution in [3.05, 3.63) is 11.9 Å². The number of Topliss-reactive ketones (excluding diaryl/α,β-unsaturated/α-hetero) is 1. The van der Waals surface area contributed by atoms with Gasteiger partial charge in [-0.2, -0.15) is 0 Å². The minimum Gasteiger partial charge on any atom is -0.357 e. The van der Waals surface area contributed by atoms with Crippen LogP contribution in [0.4, 0.5) is 11.6 Å². The first-order chi connectivity index (χ1) is 8.47. The molecule has 5 nitrogen and oxygen atoms in total. The first kappa shape index (κ1) is 12.8. The van der Waals surface area contributed by atoms with Crippen molar-refractivity contribution in [1.82, 2.24) is 9.97 Å². The van der Waals surface area contributed by atoms with E-state index < -0.39 is 0 Å². The van der Waals surface area contributed by atoms with E-state index in [9.17, 15) is 4.79 Å². The molecule has 1 fully saturated rings. The molecule has 1 aromatic heterocycles. The van der Waals surface area contributed by atoms with Crippen molar-refractivity contribution in [3.63, 3.8) is 0 Å². The summed E-state index contributed by atoms with van der Waals surface area (Å²) in [4.78, 5) is 24.3. The standard InChI is InChI=1S/C13H20N4O/c1-9(2)16(4)12-7-13(15-10(3)14-12)17-6-5-11(18)8-17/h7,9H,5-6,8H2,1-4H3. The van der Waals surface area contributed by atoms with Crippen LogP contribution in [0.2, 0.25) is 0 Å². The zero-order valence-electron chi connectivity index (χ0n) is 11.5. The Hall–Kier alpha value is -1.65. The summed E-state index contributed by atoms with van der Waals surface area (Å²) in [7, 11) is 2.02. The maximum atomic E-state index is 11.3. The van der Waals surface area contributed by atoms with E-state index in [0.717, 1.165) is 24.0 Å². The fourth-order valence-corrected chi connectivity index (χ4v) is 1.97. The number of anilines is 2. The molecule has 0 saturated carbocycles. The Morgan fingerprint density at radius 2 is 2.11 bits per heavy atom. The van der Waals surface area contributed by atoms with E-state index in [1.807, 2.05) is 24.9 Å². The van der Waals surface area contributed by atoms with Crippen LogP contribution >= 0.6 is 0 Å². The molecule has 0 atom stereocenters. The van der Waals surface area contributed by atoms with Gasteiger partial charge in [0.15, 0.2) is 5.78 Å². The highest BCUT2D eigenvalue weighted by atomic mass is 16.1. The lowest BCUT2D eigenvalue weighted by Gasteiger charge is -2.24. The predicted octanol–water partition coefficient (Wildman–Crippen LogP) is 1.41. The van der Waals surface area contributed by atoms with E-state index in [2.05, 4.69) is 28.7 Å². The average molecular weight is 248 g/mol. The molecule has 0 spiro atoms. The Labute approximate surface area is 108 Å². The molecule has 1 saturated heterocycles. The van der Waals surface area contributed by atoms with Crippen LogP contribution in [0.15, 0.2) is 6.07 Å². The van der Waals surface area contributed by atoms with Crippen molar-refractivity contribution in [3.8, 4) is 0 Å². The summed E-state index contributed by atoms with van der Waals surface area (Å²) in [5.41, 5.74) is 0. The van der Waals surface area contributed by atoms with E-state index in [1.165, 1.54) is 0 Å². The summed E-state index contributed by atoms with van der Waals surface area (Å²) in [6, 6.07) is 2.35. The van der Waals surface area contributed by atoms with Crippen LogP contribution in [0.1, 0.15) is 26.1 Å². The van der Waals surface area contributed by atoms with E-state index in [1.54, 1.807) is 0 Å². The smallest absolute Gasteiger partial charge is 0.153 e. The summed E-state index contributed by atoms with van der Waals surface area (Å²) in [5, 5.41) is 0. The predicted molar refractivity (Wildman–Crippen MR) is 72.1 cm³/mol. The Morgan fingerprint density at radius 1 is 1.39 bits per heavy atom. The maximum Gasteiger partial charge on any atom is 0.153 e. The molecule has 2 rings (SSSR count). The molecular weight excluding hydrogens is 228 g/mol. The van der Waals surface area contributed by atoms with E-state index >= 15 is 0 Å². The Morgan fingerprint density at radius 3 is 2.67 bits per heavy atom. The third-order valence-electron chi connectivity index (χ3n) is 3.30. The van der Waals surface area contributed by atoms with Crippen molar-refractivity contribution in [2.45, 2.75) is 33.2 Å². The summed E-state index contributed by atoms with van der Waals surface area (Å²) in [5.74, 6) is 2.79. The van der Waals surface area contributed by atoms with Gasteiger partial charge in [0, 0.05) is 32.1 Å². The molecule has 5 heteroatoms. The second kappa shape index (κ2) is 4.92. The Kier molecular flexibility index (Phi) is 3.50. The highest BCUT2D eigenvalue weighted by molar-refractivity contribution is 5.86. The zero-order valence-corrected chi connectivity index (χ0v) is 11.5. The van der Waals surface area contributed by atoms with Crippen molar-refractivity contribution < 1.29 is 4.79 Å². The van der Waals surface area contributed by atoms with Crippen LogP contribution < -0.4 is 9.80 Å². The highest BCUT2D eigenvalue weighted by Crippen LogP contribution is 2.21. The largest absolute Gasteiger partial charge is 0.357 e. The summed E-state index contributed by atoms with van der Waals surface area (Å²) in [6.45, 7) is 7.37. The van der Waals surface area contributed by atoms with Crippen LogP contribution in [-0.2, 0) is 4.79 Å². The van der Waals surface area contributed by atoms with E-state index in [4.69, 9.17) is 0 Å². The minimum absolute atomic E-state index is 0.282. The molecule has 0 bridgehead atoms. The van der Waals surface area contributed by atoms with Gasteiger partial charge in [0.05, 0.1) is 6.54 Å². The van der Waals surface area contributed by atoms with Gasteiger partial charge >= 0.3 is 0 Å². The molecule has 1 aliphatic heterocycles. The van der Waals surface area contributed by atoms with Crippen molar-refractivity contribution in [2.24, 2.45) is 0 Å². The van der Waals surface area contributed by atoms with Crippen molar-refractivity contribution in [1.29, 1.82) is 0 Å². The number of ketones is 1. The SMILES string of the molecule is Cc1nc(N2CCC(=O)C2)cc(N(C)C(C)C)n1. The fraction of sp³-hybridized carbons (Fsp3) is 0.615. The maximum absolute atomic E-state index is 11.3. The third-order valence-corrected chi connectivity index (χ3v) is 3.30. The van der Waals surface area contributed by atoms with Gasteiger partial charge in [-0.15, -0.1) is 0 Å². The second-order valence-electron chi connectivity index (χ2n) is 5.05. The topological polar surface area (TPSA) is 49.3 Å². The molecule has 98 valence electrons. The molecule has 1 aromatic rings. The van der Waals surface area contributed by atoms with Gasteiger partial charge < -0.3 is 9.80 Å². The molecular formula is C13H20N4O. The van der Waals surface area contributed by atoms with Crippen LogP contribution in [0.5, 0.6) is 0 Å². The van der Waals surface area contributed by atoms with Gasteiger partial charge in [-0.05, 0) is 20.8 Å². The lowest BCUT2D eigenvalue weighted by molar-refractivity contribution is -0.116. The van der Waals surface area contributed by atoms with Crippen molar-refractivity contribution >= 4 is 17.4 Å². The molecule has 0 unspecified atom stereocenters. The first-order valence-corrected chi connectivity index (χ1v) is 6.32. The van der Waals surface area contributed by atoms with Gasteiger partial charge in [-0.25, -0.2) is 9.97 Å². The molecule has 2 heterocycles. The van der Waals surface area contributed by atoms with Gasteiger partial charge in [0.2, 0.25) is 0 Å². The van der Waals surface area contributed by atoms with Gasteiger partial charge in [0.1, 0.15) is 17.5 Å². The van der Waals surface area contributed by atoms with Gasteiger partial charge in [0.25, 0.3) is 0 Å². The molecule has 18 heavy (non-hydrogen) atoms. The molecule has 0 N–H and O–H groups in total. The number of nitrogens with zero attached hydrogens (tertiary/aromatic N) is 4. The number of aromatic nitrogens is 2. The lowest BCUT2D eigenvalue weighted by atomic mass is 10.3. The second-order valence-corrected chi connectivity index (χ2v) is 5.05. The fourth-order valence-electron chi connectivity index (χ4n) is 1.97. The Bertz CT molecular complexity index is 458. The average Bonchev–Trinajstić information content (AvgIpc) is 2.74. The molecule has 0 amide bonds. The Balaban J connectivity index is 2.29. The molecule has 0 radical (unpaired) electrons. The zero-order chi connectivity index (χ0) is 13.3. The summed E-state index contributed by atoms with van der Waals surface area (Å²) >= 11 is 0. The summed E-state index contributed by atoms with van der Waals surface area (Å²) in [6.07, 6.45) is 0.623. The molecule has 1 aliphatic rings. The van der Waals surface area contributed by atoms with E-state index in [-0.39, 0.29) is 5.78 Å². The summed E-state index contributed by atoms with van der Waals surface area (Å²) < 4.78 is 0. The highest BCUT2D eigenvalue weighted by Gasteiger charge is 2.22. The first-order valence-electron chi connectivity index (χ1n) is 6.32. The van der Waals surface area contributed by atoms with E-state index in [0.29, 0.717) is 19.0 Å². The number of hydrogen-bond donors (Lipinski definition) is 0. The normalized spacial score (nSPS) is 15.6. The van der Waals surface area contributed by atoms with Crippen LogP contribution in [0, 0.1) is 6.92 Å². The number of rotatable bonds is 3. The number of aryl methyl sites for hydroxylation is 1. The quantitative estimate of drug-likeness (QED) is 0.809. The third kappa shape index (κ3) is 2.60. The van der Waals surface area contributed by atoms with Crippen LogP contribution in [0.25, 0.3) is 0 Å². The molecule has 0 aliphatic carbocycles. The number of hydrogen-bond acceptors (Lipinski definition) is 5. The van der Waals surface area contributed by atoms with Crippen LogP contribution in [0.3, 0.4) is 0 Å². The molecule has 0 aromatic carbocycles. The van der Waals surface area contributed by atoms with Gasteiger partial charge in [-0.3, -0.25) is 4.79 Å². The monoisotopic (exact) mass is 248 g/mol. The lowest BCUT2D eigenvalue weighted by Crippen LogP contribution is -2.28. The van der Waals surface area contributed by atoms with Crippen molar-refractivity contribution in [2.75, 3.05) is 29.9 Å².